The van der Waals surface area contributed by atoms with Gasteiger partial charge in [0.1, 0.15) is 0 Å². The molecular formula is C24H29. The Kier molecular flexibility index (Phi) is 4.48. The topological polar surface area (TPSA) is 0 Å². The Labute approximate surface area is 147 Å². The first kappa shape index (κ1) is 15.9. The van der Waals surface area contributed by atoms with E-state index in [1.807, 2.05) is 5.92 Å². The van der Waals surface area contributed by atoms with Crippen LogP contribution in [0.2, 0.25) is 0 Å². The highest BCUT2D eigenvalue weighted by molar-refractivity contribution is 5.41. The van der Waals surface area contributed by atoms with Gasteiger partial charge in [-0.25, -0.2) is 0 Å². The summed E-state index contributed by atoms with van der Waals surface area (Å²) < 4.78 is 0. The van der Waals surface area contributed by atoms with E-state index in [1.165, 1.54) is 56.1 Å². The molecule has 0 saturated heterocycles. The van der Waals surface area contributed by atoms with Crippen LogP contribution in [0.1, 0.15) is 68.9 Å². The Bertz CT molecular complexity index is 644. The van der Waals surface area contributed by atoms with Crippen LogP contribution in [0.4, 0.5) is 0 Å². The van der Waals surface area contributed by atoms with Crippen LogP contribution in [0.15, 0.2) is 60.7 Å². The lowest BCUT2D eigenvalue weighted by Crippen LogP contribution is -2.40. The maximum Gasteiger partial charge on any atom is 0.00580 e. The summed E-state index contributed by atoms with van der Waals surface area (Å²) in [4.78, 5) is 0. The van der Waals surface area contributed by atoms with Gasteiger partial charge in [-0.3, -0.25) is 0 Å². The van der Waals surface area contributed by atoms with Gasteiger partial charge in [0.25, 0.3) is 0 Å². The van der Waals surface area contributed by atoms with Gasteiger partial charge in [-0.15, -0.1) is 0 Å². The van der Waals surface area contributed by atoms with Crippen molar-refractivity contribution in [2.24, 2.45) is 5.92 Å². The standard InChI is InChI=1S/C24H29/c1-24(21-15-6-3-7-16-21)22(19-11-4-2-5-12-19)17-9-8-13-20-14-10-18-23(20)24/h2-7,11-12,15-16,20,22H,8-10,13-14,17-18H2,1H3. The second-order valence-corrected chi connectivity index (χ2v) is 7.93. The molecule has 0 nitrogen and oxygen atoms in total. The fourth-order valence-corrected chi connectivity index (χ4v) is 5.53. The van der Waals surface area contributed by atoms with Crippen LogP contribution in [0.3, 0.4) is 0 Å². The summed E-state index contributed by atoms with van der Waals surface area (Å²) in [7, 11) is 0. The lowest BCUT2D eigenvalue weighted by atomic mass is 9.56. The van der Waals surface area contributed by atoms with E-state index in [9.17, 15) is 0 Å². The van der Waals surface area contributed by atoms with Crippen molar-refractivity contribution in [3.8, 4) is 0 Å². The number of fused-ring (bicyclic) bond motifs is 1. The van der Waals surface area contributed by atoms with Crippen molar-refractivity contribution in [3.63, 3.8) is 0 Å². The highest BCUT2D eigenvalue weighted by Crippen LogP contribution is 2.57. The molecule has 1 radical (unpaired) electrons. The minimum Gasteiger partial charge on any atom is -0.0622 e. The van der Waals surface area contributed by atoms with Gasteiger partial charge in [-0.1, -0.05) is 86.8 Å². The molecule has 0 amide bonds. The van der Waals surface area contributed by atoms with E-state index in [0.717, 1.165) is 5.92 Å². The molecule has 2 aliphatic rings. The van der Waals surface area contributed by atoms with Crippen molar-refractivity contribution in [1.29, 1.82) is 0 Å². The fourth-order valence-electron chi connectivity index (χ4n) is 5.53. The molecule has 2 saturated carbocycles. The first-order valence-electron chi connectivity index (χ1n) is 9.77. The van der Waals surface area contributed by atoms with Gasteiger partial charge in [0.05, 0.1) is 0 Å². The van der Waals surface area contributed by atoms with Crippen LogP contribution in [0.25, 0.3) is 0 Å². The number of hydrogen-bond acceptors (Lipinski definition) is 0. The molecule has 2 aliphatic carbocycles. The Morgan fingerprint density at radius 2 is 1.38 bits per heavy atom. The molecule has 3 atom stereocenters. The predicted octanol–water partition coefficient (Wildman–Crippen LogP) is 6.68. The van der Waals surface area contributed by atoms with Gasteiger partial charge >= 0.3 is 0 Å². The molecule has 4 rings (SSSR count). The van der Waals surface area contributed by atoms with Gasteiger partial charge < -0.3 is 0 Å². The number of hydrogen-bond donors (Lipinski definition) is 0. The second kappa shape index (κ2) is 6.75. The van der Waals surface area contributed by atoms with Crippen LogP contribution >= 0.6 is 0 Å². The number of rotatable bonds is 2. The average Bonchev–Trinajstić information content (AvgIpc) is 3.10. The smallest absolute Gasteiger partial charge is 0.00580 e. The first-order valence-corrected chi connectivity index (χ1v) is 9.77. The molecule has 0 aliphatic heterocycles. The Hall–Kier alpha value is -1.56. The van der Waals surface area contributed by atoms with E-state index in [1.54, 1.807) is 0 Å². The third kappa shape index (κ3) is 2.70. The SMILES string of the molecule is CC1(c2ccccc2)[C]2CCCC2CCCCC1c1ccccc1. The Morgan fingerprint density at radius 1 is 0.750 bits per heavy atom. The zero-order valence-corrected chi connectivity index (χ0v) is 14.9. The molecule has 0 heterocycles. The lowest BCUT2D eigenvalue weighted by Gasteiger charge is -2.47. The zero-order valence-electron chi connectivity index (χ0n) is 14.9. The Morgan fingerprint density at radius 3 is 2.12 bits per heavy atom. The van der Waals surface area contributed by atoms with Crippen LogP contribution in [-0.4, -0.2) is 0 Å². The zero-order chi connectivity index (χ0) is 16.4. The monoisotopic (exact) mass is 317 g/mol. The summed E-state index contributed by atoms with van der Waals surface area (Å²) in [6, 6.07) is 22.7. The normalized spacial score (nSPS) is 31.2. The minimum absolute atomic E-state index is 0.185. The quantitative estimate of drug-likeness (QED) is 0.579. The fraction of sp³-hybridized carbons (Fsp3) is 0.458. The predicted molar refractivity (Wildman–Crippen MR) is 102 cm³/mol. The molecule has 0 heteroatoms. The first-order chi connectivity index (χ1) is 11.8. The third-order valence-electron chi connectivity index (χ3n) is 6.73. The largest absolute Gasteiger partial charge is 0.0622 e. The summed E-state index contributed by atoms with van der Waals surface area (Å²) in [5.74, 6) is 3.31. The van der Waals surface area contributed by atoms with Gasteiger partial charge in [0, 0.05) is 5.41 Å². The highest BCUT2D eigenvalue weighted by atomic mass is 14.5. The van der Waals surface area contributed by atoms with Gasteiger partial charge in [0.2, 0.25) is 0 Å². The molecule has 3 unspecified atom stereocenters. The maximum atomic E-state index is 2.55. The summed E-state index contributed by atoms with van der Waals surface area (Å²) in [5.41, 5.74) is 3.25. The van der Waals surface area contributed by atoms with E-state index in [0.29, 0.717) is 5.92 Å². The van der Waals surface area contributed by atoms with Crippen LogP contribution in [0, 0.1) is 11.8 Å². The van der Waals surface area contributed by atoms with Crippen molar-refractivity contribution >= 4 is 0 Å². The number of benzene rings is 2. The molecule has 0 N–H and O–H groups in total. The summed E-state index contributed by atoms with van der Waals surface area (Å²) in [5, 5.41) is 0. The van der Waals surface area contributed by atoms with Gasteiger partial charge in [-0.05, 0) is 54.6 Å². The summed E-state index contributed by atoms with van der Waals surface area (Å²) >= 11 is 0. The minimum atomic E-state index is 0.185. The molecule has 2 fully saturated rings. The molecule has 24 heavy (non-hydrogen) atoms. The van der Waals surface area contributed by atoms with E-state index in [-0.39, 0.29) is 5.41 Å². The summed E-state index contributed by atoms with van der Waals surface area (Å²) in [6.45, 7) is 2.55. The van der Waals surface area contributed by atoms with Gasteiger partial charge in [-0.2, -0.15) is 0 Å². The maximum absolute atomic E-state index is 2.55. The van der Waals surface area contributed by atoms with Crippen LogP contribution in [0.5, 0.6) is 0 Å². The molecule has 0 bridgehead atoms. The van der Waals surface area contributed by atoms with Crippen molar-refractivity contribution in [2.45, 2.75) is 63.2 Å². The molecular weight excluding hydrogens is 288 g/mol. The molecule has 2 aromatic carbocycles. The molecule has 2 aromatic rings. The van der Waals surface area contributed by atoms with Crippen molar-refractivity contribution in [3.05, 3.63) is 77.7 Å². The van der Waals surface area contributed by atoms with Crippen LogP contribution < -0.4 is 0 Å². The lowest BCUT2D eigenvalue weighted by molar-refractivity contribution is 0.283. The third-order valence-corrected chi connectivity index (χ3v) is 6.73. The van der Waals surface area contributed by atoms with E-state index in [2.05, 4.69) is 67.6 Å². The van der Waals surface area contributed by atoms with Crippen molar-refractivity contribution in [1.82, 2.24) is 0 Å². The van der Waals surface area contributed by atoms with E-state index in [4.69, 9.17) is 0 Å². The van der Waals surface area contributed by atoms with E-state index >= 15 is 0 Å². The molecule has 0 aromatic heterocycles. The Balaban J connectivity index is 1.85. The second-order valence-electron chi connectivity index (χ2n) is 7.93. The molecule has 125 valence electrons. The van der Waals surface area contributed by atoms with Crippen molar-refractivity contribution < 1.29 is 0 Å². The van der Waals surface area contributed by atoms with Crippen LogP contribution in [-0.2, 0) is 5.41 Å². The summed E-state index contributed by atoms with van der Waals surface area (Å²) in [6.07, 6.45) is 9.64. The van der Waals surface area contributed by atoms with E-state index < -0.39 is 0 Å². The van der Waals surface area contributed by atoms with Crippen molar-refractivity contribution in [2.75, 3.05) is 0 Å². The highest BCUT2D eigenvalue weighted by Gasteiger charge is 2.48. The van der Waals surface area contributed by atoms with Gasteiger partial charge in [0.15, 0.2) is 0 Å². The average molecular weight is 317 g/mol. The molecule has 0 spiro atoms.